The molecule has 4 nitrogen and oxygen atoms in total. The fraction of sp³-hybridized carbons (Fsp3) is 0.556. The molecule has 0 aliphatic carbocycles. The third kappa shape index (κ3) is 1.93. The van der Waals surface area contributed by atoms with Crippen LogP contribution in [0, 0.1) is 0 Å². The Hall–Kier alpha value is -0.940. The van der Waals surface area contributed by atoms with Gasteiger partial charge in [-0.2, -0.15) is 0 Å². The number of methoxy groups -OCH3 is 1. The Bertz CT molecular complexity index is 308. The molecular formula is C9H13NO3S. The number of hydrogen-bond acceptors (Lipinski definition) is 4. The molecule has 0 bridgehead atoms. The van der Waals surface area contributed by atoms with Gasteiger partial charge < -0.3 is 9.84 Å². The standard InChI is InChI=1S/C9H13NO3S/c1-9(2,6-4-10-5-14-6)7(13-3)8(11)12/h4-5,7H,1-3H3,(H,11,12). The van der Waals surface area contributed by atoms with Crippen molar-refractivity contribution in [1.29, 1.82) is 0 Å². The molecule has 5 heteroatoms. The zero-order chi connectivity index (χ0) is 10.8. The topological polar surface area (TPSA) is 59.4 Å². The second-order valence-corrected chi connectivity index (χ2v) is 4.43. The highest BCUT2D eigenvalue weighted by molar-refractivity contribution is 7.09. The van der Waals surface area contributed by atoms with E-state index >= 15 is 0 Å². The van der Waals surface area contributed by atoms with Gasteiger partial charge in [0.1, 0.15) is 0 Å². The van der Waals surface area contributed by atoms with E-state index in [4.69, 9.17) is 9.84 Å². The number of carbonyl (C=O) groups is 1. The summed E-state index contributed by atoms with van der Waals surface area (Å²) < 4.78 is 4.98. The summed E-state index contributed by atoms with van der Waals surface area (Å²) in [5.74, 6) is -0.953. The van der Waals surface area contributed by atoms with Crippen molar-refractivity contribution < 1.29 is 14.6 Å². The number of nitrogens with zero attached hydrogens (tertiary/aromatic N) is 1. The van der Waals surface area contributed by atoms with Crippen LogP contribution in [-0.2, 0) is 14.9 Å². The van der Waals surface area contributed by atoms with Gasteiger partial charge in [-0.3, -0.25) is 4.98 Å². The fourth-order valence-electron chi connectivity index (χ4n) is 1.37. The molecule has 14 heavy (non-hydrogen) atoms. The first-order valence-corrected chi connectivity index (χ1v) is 5.02. The average molecular weight is 215 g/mol. The van der Waals surface area contributed by atoms with Gasteiger partial charge in [-0.15, -0.1) is 11.3 Å². The minimum Gasteiger partial charge on any atom is -0.479 e. The minimum absolute atomic E-state index is 0.554. The Labute approximate surface area is 86.6 Å². The van der Waals surface area contributed by atoms with Crippen molar-refractivity contribution in [2.45, 2.75) is 25.4 Å². The summed E-state index contributed by atoms with van der Waals surface area (Å²) in [7, 11) is 1.40. The van der Waals surface area contributed by atoms with Crippen LogP contribution < -0.4 is 0 Å². The third-order valence-electron chi connectivity index (χ3n) is 2.18. The Kier molecular flexibility index (Phi) is 3.23. The molecule has 0 amide bonds. The number of hydrogen-bond donors (Lipinski definition) is 1. The molecule has 0 aromatic carbocycles. The second-order valence-electron chi connectivity index (χ2n) is 3.54. The van der Waals surface area contributed by atoms with Crippen molar-refractivity contribution in [3.63, 3.8) is 0 Å². The summed E-state index contributed by atoms with van der Waals surface area (Å²) in [6, 6.07) is 0. The van der Waals surface area contributed by atoms with Crippen LogP contribution in [0.4, 0.5) is 0 Å². The molecule has 0 saturated heterocycles. The molecule has 1 aromatic heterocycles. The fourth-order valence-corrected chi connectivity index (χ4v) is 2.14. The summed E-state index contributed by atoms with van der Waals surface area (Å²) >= 11 is 1.44. The zero-order valence-electron chi connectivity index (χ0n) is 8.35. The number of carboxylic acids is 1. The van der Waals surface area contributed by atoms with Crippen molar-refractivity contribution in [2.75, 3.05) is 7.11 Å². The van der Waals surface area contributed by atoms with Crippen molar-refractivity contribution in [1.82, 2.24) is 4.98 Å². The van der Waals surface area contributed by atoms with Crippen LogP contribution in [0.15, 0.2) is 11.7 Å². The molecule has 78 valence electrons. The number of carboxylic acid groups (broad SMARTS) is 1. The first-order valence-electron chi connectivity index (χ1n) is 4.14. The van der Waals surface area contributed by atoms with E-state index < -0.39 is 17.5 Å². The lowest BCUT2D eigenvalue weighted by atomic mass is 9.85. The molecule has 1 rings (SSSR count). The molecular weight excluding hydrogens is 202 g/mol. The van der Waals surface area contributed by atoms with Crippen molar-refractivity contribution in [3.8, 4) is 0 Å². The smallest absolute Gasteiger partial charge is 0.333 e. The first kappa shape index (κ1) is 11.1. The maximum atomic E-state index is 10.9. The first-order chi connectivity index (χ1) is 6.50. The lowest BCUT2D eigenvalue weighted by Crippen LogP contribution is -2.40. The number of thiazole rings is 1. The Morgan fingerprint density at radius 3 is 2.71 bits per heavy atom. The van der Waals surface area contributed by atoms with Gasteiger partial charge in [0.2, 0.25) is 0 Å². The van der Waals surface area contributed by atoms with E-state index in [9.17, 15) is 4.79 Å². The van der Waals surface area contributed by atoms with Crippen molar-refractivity contribution >= 4 is 17.3 Å². The third-order valence-corrected chi connectivity index (χ3v) is 3.30. The molecule has 1 heterocycles. The summed E-state index contributed by atoms with van der Waals surface area (Å²) in [5.41, 5.74) is 1.13. The molecule has 1 unspecified atom stereocenters. The van der Waals surface area contributed by atoms with Gasteiger partial charge in [-0.25, -0.2) is 4.79 Å². The van der Waals surface area contributed by atoms with Gasteiger partial charge >= 0.3 is 5.97 Å². The number of aromatic nitrogens is 1. The molecule has 0 fully saturated rings. The average Bonchev–Trinajstić information content (AvgIpc) is 2.55. The summed E-state index contributed by atoms with van der Waals surface area (Å²) in [6.07, 6.45) is 0.836. The van der Waals surface area contributed by atoms with Gasteiger partial charge in [-0.1, -0.05) is 13.8 Å². The predicted molar refractivity (Wildman–Crippen MR) is 53.6 cm³/mol. The quantitative estimate of drug-likeness (QED) is 0.827. The van der Waals surface area contributed by atoms with E-state index in [1.807, 2.05) is 13.8 Å². The maximum Gasteiger partial charge on any atom is 0.333 e. The van der Waals surface area contributed by atoms with Crippen LogP contribution in [-0.4, -0.2) is 29.3 Å². The Morgan fingerprint density at radius 2 is 2.36 bits per heavy atom. The highest BCUT2D eigenvalue weighted by Gasteiger charge is 2.38. The lowest BCUT2D eigenvalue weighted by Gasteiger charge is -2.28. The van der Waals surface area contributed by atoms with Crippen LogP contribution in [0.2, 0.25) is 0 Å². The summed E-state index contributed by atoms with van der Waals surface area (Å²) in [5, 5.41) is 8.97. The van der Waals surface area contributed by atoms with E-state index in [-0.39, 0.29) is 0 Å². The Morgan fingerprint density at radius 1 is 1.71 bits per heavy atom. The summed E-state index contributed by atoms with van der Waals surface area (Å²) in [6.45, 7) is 3.67. The molecule has 1 aromatic rings. The molecule has 0 aliphatic heterocycles. The molecule has 1 N–H and O–H groups in total. The van der Waals surface area contributed by atoms with Gasteiger partial charge in [0.25, 0.3) is 0 Å². The molecule has 0 spiro atoms. The van der Waals surface area contributed by atoms with Crippen molar-refractivity contribution in [2.24, 2.45) is 0 Å². The number of ether oxygens (including phenoxy) is 1. The minimum atomic E-state index is -0.953. The van der Waals surface area contributed by atoms with Gasteiger partial charge in [0.15, 0.2) is 6.10 Å². The second kappa shape index (κ2) is 4.06. The number of aliphatic carboxylic acids is 1. The predicted octanol–water partition coefficient (Wildman–Crippen LogP) is 1.52. The molecule has 0 radical (unpaired) electrons. The van der Waals surface area contributed by atoms with Crippen LogP contribution in [0.5, 0.6) is 0 Å². The van der Waals surface area contributed by atoms with Gasteiger partial charge in [0.05, 0.1) is 5.51 Å². The lowest BCUT2D eigenvalue weighted by molar-refractivity contribution is -0.152. The van der Waals surface area contributed by atoms with Crippen LogP contribution in [0.1, 0.15) is 18.7 Å². The summed E-state index contributed by atoms with van der Waals surface area (Å²) in [4.78, 5) is 15.8. The highest BCUT2D eigenvalue weighted by atomic mass is 32.1. The van der Waals surface area contributed by atoms with E-state index in [0.717, 1.165) is 4.88 Å². The van der Waals surface area contributed by atoms with E-state index in [0.29, 0.717) is 0 Å². The van der Waals surface area contributed by atoms with Gasteiger partial charge in [0, 0.05) is 23.6 Å². The van der Waals surface area contributed by atoms with E-state index in [1.165, 1.54) is 18.4 Å². The van der Waals surface area contributed by atoms with E-state index in [2.05, 4.69) is 4.98 Å². The molecule has 0 saturated carbocycles. The zero-order valence-corrected chi connectivity index (χ0v) is 9.17. The highest BCUT2D eigenvalue weighted by Crippen LogP contribution is 2.31. The molecule has 1 atom stereocenters. The van der Waals surface area contributed by atoms with Crippen LogP contribution >= 0.6 is 11.3 Å². The van der Waals surface area contributed by atoms with Crippen LogP contribution in [0.3, 0.4) is 0 Å². The monoisotopic (exact) mass is 215 g/mol. The van der Waals surface area contributed by atoms with E-state index in [1.54, 1.807) is 11.7 Å². The maximum absolute atomic E-state index is 10.9. The largest absolute Gasteiger partial charge is 0.479 e. The normalized spacial score (nSPS) is 13.9. The number of rotatable bonds is 4. The Balaban J connectivity index is 2.99. The van der Waals surface area contributed by atoms with Crippen LogP contribution in [0.25, 0.3) is 0 Å². The SMILES string of the molecule is COC(C(=O)O)C(C)(C)c1cncs1. The molecule has 0 aliphatic rings. The van der Waals surface area contributed by atoms with Crippen molar-refractivity contribution in [3.05, 3.63) is 16.6 Å². The van der Waals surface area contributed by atoms with Gasteiger partial charge in [-0.05, 0) is 0 Å².